The van der Waals surface area contributed by atoms with Gasteiger partial charge in [-0.1, -0.05) is 23.2 Å². The summed E-state index contributed by atoms with van der Waals surface area (Å²) in [4.78, 5) is 0. The first-order chi connectivity index (χ1) is 5.66. The van der Waals surface area contributed by atoms with Crippen molar-refractivity contribution in [3.63, 3.8) is 0 Å². The molecule has 0 aliphatic heterocycles. The van der Waals surface area contributed by atoms with Crippen LogP contribution in [0.2, 0.25) is 10.0 Å². The molecule has 2 rings (SSSR count). The van der Waals surface area contributed by atoms with Crippen LogP contribution < -0.4 is 5.73 Å². The molecular formula is C9H9Cl2N. The predicted molar refractivity (Wildman–Crippen MR) is 51.8 cm³/mol. The van der Waals surface area contributed by atoms with Crippen molar-refractivity contribution in [2.24, 2.45) is 5.73 Å². The molecule has 64 valence electrons. The second kappa shape index (κ2) is 2.91. The van der Waals surface area contributed by atoms with Crippen molar-refractivity contribution in [2.75, 3.05) is 0 Å². The summed E-state index contributed by atoms with van der Waals surface area (Å²) >= 11 is 11.7. The molecule has 12 heavy (non-hydrogen) atoms. The quantitative estimate of drug-likeness (QED) is 0.744. The van der Waals surface area contributed by atoms with Gasteiger partial charge in [-0.15, -0.1) is 0 Å². The minimum atomic E-state index is 0.305. The highest BCUT2D eigenvalue weighted by atomic mass is 35.5. The Bertz CT molecular complexity index is 291. The molecule has 0 radical (unpaired) electrons. The Hall–Kier alpha value is -0.240. The Kier molecular flexibility index (Phi) is 2.03. The van der Waals surface area contributed by atoms with Crippen LogP contribution in [0.3, 0.4) is 0 Å². The van der Waals surface area contributed by atoms with E-state index in [1.54, 1.807) is 6.07 Å². The molecular weight excluding hydrogens is 193 g/mol. The zero-order chi connectivity index (χ0) is 8.72. The van der Waals surface area contributed by atoms with E-state index in [1.807, 2.05) is 12.1 Å². The molecule has 0 saturated heterocycles. The van der Waals surface area contributed by atoms with Crippen molar-refractivity contribution in [3.8, 4) is 0 Å². The standard InChI is InChI=1S/C9H9Cl2N/c10-6-1-5(2-7(11)3-6)8-4-9(8)12/h1-3,8-9H,4,12H2/t8-,9+/m0/s1. The van der Waals surface area contributed by atoms with E-state index in [1.165, 1.54) is 5.56 Å². The van der Waals surface area contributed by atoms with E-state index in [2.05, 4.69) is 0 Å². The molecule has 1 aromatic carbocycles. The van der Waals surface area contributed by atoms with Crippen LogP contribution >= 0.6 is 23.2 Å². The maximum Gasteiger partial charge on any atom is 0.0423 e. The Morgan fingerprint density at radius 2 is 1.67 bits per heavy atom. The first-order valence-corrected chi connectivity index (χ1v) is 4.64. The number of hydrogen-bond donors (Lipinski definition) is 1. The van der Waals surface area contributed by atoms with Crippen molar-refractivity contribution in [3.05, 3.63) is 33.8 Å². The average molecular weight is 202 g/mol. The summed E-state index contributed by atoms with van der Waals surface area (Å²) in [5.74, 6) is 0.473. The van der Waals surface area contributed by atoms with Gasteiger partial charge < -0.3 is 5.73 Å². The lowest BCUT2D eigenvalue weighted by molar-refractivity contribution is 0.991. The van der Waals surface area contributed by atoms with Gasteiger partial charge in [-0.05, 0) is 30.2 Å². The van der Waals surface area contributed by atoms with Crippen molar-refractivity contribution in [1.29, 1.82) is 0 Å². The largest absolute Gasteiger partial charge is 0.327 e. The fourth-order valence-corrected chi connectivity index (χ4v) is 1.93. The maximum atomic E-state index is 5.84. The second-order valence-electron chi connectivity index (χ2n) is 3.21. The summed E-state index contributed by atoms with van der Waals surface area (Å²) in [5, 5.41) is 1.38. The molecule has 1 aliphatic carbocycles. The average Bonchev–Trinajstić information content (AvgIpc) is 2.64. The normalized spacial score (nSPS) is 27.2. The lowest BCUT2D eigenvalue weighted by Crippen LogP contribution is -2.00. The van der Waals surface area contributed by atoms with Gasteiger partial charge in [-0.3, -0.25) is 0 Å². The number of halogens is 2. The van der Waals surface area contributed by atoms with Crippen molar-refractivity contribution < 1.29 is 0 Å². The first kappa shape index (κ1) is 8.36. The molecule has 0 unspecified atom stereocenters. The van der Waals surface area contributed by atoms with Gasteiger partial charge in [0.05, 0.1) is 0 Å². The van der Waals surface area contributed by atoms with E-state index in [0.717, 1.165) is 6.42 Å². The topological polar surface area (TPSA) is 26.0 Å². The van der Waals surface area contributed by atoms with E-state index in [-0.39, 0.29) is 0 Å². The van der Waals surface area contributed by atoms with Crippen LogP contribution in [0.1, 0.15) is 17.9 Å². The van der Waals surface area contributed by atoms with Gasteiger partial charge in [0.15, 0.2) is 0 Å². The first-order valence-electron chi connectivity index (χ1n) is 3.88. The van der Waals surface area contributed by atoms with Crippen LogP contribution in [-0.2, 0) is 0 Å². The van der Waals surface area contributed by atoms with Crippen LogP contribution in [0.15, 0.2) is 18.2 Å². The molecule has 0 spiro atoms. The van der Waals surface area contributed by atoms with Gasteiger partial charge in [-0.25, -0.2) is 0 Å². The third-order valence-electron chi connectivity index (χ3n) is 2.15. The minimum absolute atomic E-state index is 0.305. The van der Waals surface area contributed by atoms with Gasteiger partial charge in [0.2, 0.25) is 0 Å². The number of nitrogens with two attached hydrogens (primary N) is 1. The predicted octanol–water partition coefficient (Wildman–Crippen LogP) is 2.81. The summed E-state index contributed by atoms with van der Waals surface area (Å²) in [6.07, 6.45) is 1.05. The molecule has 1 aromatic rings. The summed E-state index contributed by atoms with van der Waals surface area (Å²) in [7, 11) is 0. The highest BCUT2D eigenvalue weighted by Gasteiger charge is 2.34. The number of benzene rings is 1. The van der Waals surface area contributed by atoms with E-state index < -0.39 is 0 Å². The molecule has 0 aromatic heterocycles. The highest BCUT2D eigenvalue weighted by Crippen LogP contribution is 2.40. The molecule has 3 heteroatoms. The zero-order valence-electron chi connectivity index (χ0n) is 6.43. The van der Waals surface area contributed by atoms with Gasteiger partial charge in [0, 0.05) is 22.0 Å². The van der Waals surface area contributed by atoms with Crippen LogP contribution in [0, 0.1) is 0 Å². The molecule has 0 amide bonds. The van der Waals surface area contributed by atoms with E-state index in [9.17, 15) is 0 Å². The smallest absolute Gasteiger partial charge is 0.0423 e. The number of hydrogen-bond acceptors (Lipinski definition) is 1. The molecule has 1 saturated carbocycles. The third-order valence-corrected chi connectivity index (χ3v) is 2.59. The second-order valence-corrected chi connectivity index (χ2v) is 4.08. The van der Waals surface area contributed by atoms with E-state index in [4.69, 9.17) is 28.9 Å². The van der Waals surface area contributed by atoms with Crippen LogP contribution in [0.5, 0.6) is 0 Å². The van der Waals surface area contributed by atoms with Gasteiger partial charge in [0.1, 0.15) is 0 Å². The Balaban J connectivity index is 2.32. The van der Waals surface area contributed by atoms with Gasteiger partial charge in [0.25, 0.3) is 0 Å². The van der Waals surface area contributed by atoms with Crippen LogP contribution in [0.25, 0.3) is 0 Å². The SMILES string of the molecule is N[C@@H]1C[C@H]1c1cc(Cl)cc(Cl)c1. The Morgan fingerprint density at radius 3 is 2.08 bits per heavy atom. The fraction of sp³-hybridized carbons (Fsp3) is 0.333. The summed E-state index contributed by atoms with van der Waals surface area (Å²) < 4.78 is 0. The van der Waals surface area contributed by atoms with E-state index in [0.29, 0.717) is 22.0 Å². The Labute approximate surface area is 81.5 Å². The molecule has 1 nitrogen and oxygen atoms in total. The fourth-order valence-electron chi connectivity index (χ4n) is 1.39. The monoisotopic (exact) mass is 201 g/mol. The third kappa shape index (κ3) is 1.58. The lowest BCUT2D eigenvalue weighted by Gasteiger charge is -2.00. The number of rotatable bonds is 1. The van der Waals surface area contributed by atoms with Gasteiger partial charge >= 0.3 is 0 Å². The van der Waals surface area contributed by atoms with Crippen molar-refractivity contribution >= 4 is 23.2 Å². The Morgan fingerprint density at radius 1 is 1.17 bits per heavy atom. The zero-order valence-corrected chi connectivity index (χ0v) is 7.94. The molecule has 0 heterocycles. The van der Waals surface area contributed by atoms with Crippen molar-refractivity contribution in [2.45, 2.75) is 18.4 Å². The molecule has 0 bridgehead atoms. The summed E-state index contributed by atoms with van der Waals surface area (Å²) in [6, 6.07) is 5.91. The summed E-state index contributed by atoms with van der Waals surface area (Å²) in [5.41, 5.74) is 6.88. The minimum Gasteiger partial charge on any atom is -0.327 e. The highest BCUT2D eigenvalue weighted by molar-refractivity contribution is 6.34. The summed E-state index contributed by atoms with van der Waals surface area (Å²) in [6.45, 7) is 0. The maximum absolute atomic E-state index is 5.84. The molecule has 1 fully saturated rings. The molecule has 2 atom stereocenters. The van der Waals surface area contributed by atoms with Crippen LogP contribution in [-0.4, -0.2) is 6.04 Å². The lowest BCUT2D eigenvalue weighted by atomic mass is 10.1. The molecule has 1 aliphatic rings. The molecule has 2 N–H and O–H groups in total. The van der Waals surface area contributed by atoms with Crippen molar-refractivity contribution in [1.82, 2.24) is 0 Å². The van der Waals surface area contributed by atoms with E-state index >= 15 is 0 Å². The van der Waals surface area contributed by atoms with Crippen LogP contribution in [0.4, 0.5) is 0 Å². The van der Waals surface area contributed by atoms with Gasteiger partial charge in [-0.2, -0.15) is 0 Å².